The molecule has 0 aliphatic carbocycles. The van der Waals surface area contributed by atoms with Gasteiger partial charge in [0.15, 0.2) is 6.07 Å². The van der Waals surface area contributed by atoms with Crippen molar-refractivity contribution in [2.24, 2.45) is 0 Å². The number of halogens is 1. The lowest BCUT2D eigenvalue weighted by Crippen LogP contribution is -2.15. The Labute approximate surface area is 122 Å². The van der Waals surface area contributed by atoms with Gasteiger partial charge in [0.2, 0.25) is 0 Å². The fourth-order valence-corrected chi connectivity index (χ4v) is 1.23. The SMILES string of the molecule is CC(C)OC(=O)CCCC(=O)OCCOC(=O)OCCl. The van der Waals surface area contributed by atoms with Gasteiger partial charge in [0.25, 0.3) is 0 Å². The van der Waals surface area contributed by atoms with Gasteiger partial charge in [0.05, 0.1) is 6.10 Å². The maximum atomic E-state index is 11.2. The number of carbonyl (C=O) groups is 3. The molecule has 7 nitrogen and oxygen atoms in total. The first-order valence-electron chi connectivity index (χ1n) is 6.16. The summed E-state index contributed by atoms with van der Waals surface area (Å²) in [7, 11) is 0. The Morgan fingerprint density at radius 1 is 0.950 bits per heavy atom. The number of hydrogen-bond acceptors (Lipinski definition) is 7. The first-order chi connectivity index (χ1) is 9.45. The molecule has 0 spiro atoms. The van der Waals surface area contributed by atoms with Crippen molar-refractivity contribution in [3.05, 3.63) is 0 Å². The average molecular weight is 311 g/mol. The Balaban J connectivity index is 3.50. The van der Waals surface area contributed by atoms with Crippen LogP contribution in [0.3, 0.4) is 0 Å². The summed E-state index contributed by atoms with van der Waals surface area (Å²) in [6.45, 7) is 3.31. The number of alkyl halides is 1. The van der Waals surface area contributed by atoms with E-state index in [1.165, 1.54) is 0 Å². The topological polar surface area (TPSA) is 88.1 Å². The third-order valence-corrected chi connectivity index (χ3v) is 1.98. The molecule has 0 unspecified atom stereocenters. The fourth-order valence-electron chi connectivity index (χ4n) is 1.14. The monoisotopic (exact) mass is 310 g/mol. The second kappa shape index (κ2) is 11.3. The van der Waals surface area contributed by atoms with Crippen LogP contribution in [0.25, 0.3) is 0 Å². The highest BCUT2D eigenvalue weighted by Crippen LogP contribution is 2.02. The minimum Gasteiger partial charge on any atom is -0.463 e. The molecule has 0 N–H and O–H groups in total. The molecule has 8 heteroatoms. The standard InChI is InChI=1S/C12H19ClO7/c1-9(2)20-11(15)5-3-4-10(14)17-6-7-18-12(16)19-8-13/h9H,3-8H2,1-2H3. The van der Waals surface area contributed by atoms with Gasteiger partial charge in [-0.1, -0.05) is 11.6 Å². The van der Waals surface area contributed by atoms with Crippen molar-refractivity contribution in [2.45, 2.75) is 39.2 Å². The molecule has 20 heavy (non-hydrogen) atoms. The number of hydrogen-bond donors (Lipinski definition) is 0. The lowest BCUT2D eigenvalue weighted by molar-refractivity contribution is -0.148. The summed E-state index contributed by atoms with van der Waals surface area (Å²) in [6, 6.07) is -0.300. The van der Waals surface area contributed by atoms with Gasteiger partial charge in [-0.15, -0.1) is 0 Å². The van der Waals surface area contributed by atoms with Gasteiger partial charge in [-0.25, -0.2) is 4.79 Å². The quantitative estimate of drug-likeness (QED) is 0.278. The molecule has 116 valence electrons. The van der Waals surface area contributed by atoms with Crippen molar-refractivity contribution in [1.82, 2.24) is 0 Å². The van der Waals surface area contributed by atoms with Crippen LogP contribution in [-0.2, 0) is 28.5 Å². The van der Waals surface area contributed by atoms with Gasteiger partial charge >= 0.3 is 18.1 Å². The van der Waals surface area contributed by atoms with E-state index in [9.17, 15) is 14.4 Å². The lowest BCUT2D eigenvalue weighted by atomic mass is 10.2. The zero-order valence-electron chi connectivity index (χ0n) is 11.6. The Kier molecular flexibility index (Phi) is 10.5. The second-order valence-electron chi connectivity index (χ2n) is 3.96. The average Bonchev–Trinajstić information content (AvgIpc) is 2.34. The first kappa shape index (κ1) is 18.5. The Bertz CT molecular complexity index is 317. The summed E-state index contributed by atoms with van der Waals surface area (Å²) >= 11 is 5.13. The van der Waals surface area contributed by atoms with Crippen molar-refractivity contribution < 1.29 is 33.3 Å². The van der Waals surface area contributed by atoms with E-state index in [1.807, 2.05) is 0 Å². The van der Waals surface area contributed by atoms with Gasteiger partial charge in [-0.05, 0) is 20.3 Å². The van der Waals surface area contributed by atoms with Crippen LogP contribution in [0.2, 0.25) is 0 Å². The van der Waals surface area contributed by atoms with Crippen LogP contribution in [0.5, 0.6) is 0 Å². The molecular formula is C12H19ClO7. The normalized spacial score (nSPS) is 10.0. The lowest BCUT2D eigenvalue weighted by Gasteiger charge is -2.08. The van der Waals surface area contributed by atoms with Gasteiger partial charge in [0, 0.05) is 12.8 Å². The Morgan fingerprint density at radius 2 is 1.55 bits per heavy atom. The molecule has 0 aromatic carbocycles. The molecule has 0 aliphatic heterocycles. The zero-order valence-corrected chi connectivity index (χ0v) is 12.3. The first-order valence-corrected chi connectivity index (χ1v) is 6.69. The molecule has 0 saturated carbocycles. The van der Waals surface area contributed by atoms with Crippen LogP contribution in [0, 0.1) is 0 Å². The van der Waals surface area contributed by atoms with Crippen molar-refractivity contribution in [2.75, 3.05) is 19.3 Å². The third-order valence-electron chi connectivity index (χ3n) is 1.87. The number of carbonyl (C=O) groups excluding carboxylic acids is 3. The summed E-state index contributed by atoms with van der Waals surface area (Å²) in [4.78, 5) is 33.1. The molecule has 0 heterocycles. The molecule has 0 bridgehead atoms. The van der Waals surface area contributed by atoms with Crippen molar-refractivity contribution in [3.8, 4) is 0 Å². The highest BCUT2D eigenvalue weighted by atomic mass is 35.5. The van der Waals surface area contributed by atoms with Crippen LogP contribution in [-0.4, -0.2) is 43.5 Å². The zero-order chi connectivity index (χ0) is 15.4. The molecule has 0 atom stereocenters. The summed E-state index contributed by atoms with van der Waals surface area (Å²) < 4.78 is 18.5. The van der Waals surface area contributed by atoms with Crippen molar-refractivity contribution in [1.29, 1.82) is 0 Å². The predicted molar refractivity (Wildman–Crippen MR) is 69.2 cm³/mol. The van der Waals surface area contributed by atoms with Crippen LogP contribution in [0.4, 0.5) is 4.79 Å². The molecule has 0 aliphatic rings. The summed E-state index contributed by atoms with van der Waals surface area (Å²) in [5, 5.41) is 0. The maximum Gasteiger partial charge on any atom is 0.509 e. The van der Waals surface area contributed by atoms with Gasteiger partial charge < -0.3 is 18.9 Å². The van der Waals surface area contributed by atoms with Gasteiger partial charge in [-0.2, -0.15) is 0 Å². The highest BCUT2D eigenvalue weighted by Gasteiger charge is 2.09. The number of ether oxygens (including phenoxy) is 4. The smallest absolute Gasteiger partial charge is 0.463 e. The van der Waals surface area contributed by atoms with Gasteiger partial charge in [0.1, 0.15) is 13.2 Å². The van der Waals surface area contributed by atoms with E-state index in [1.54, 1.807) is 13.8 Å². The van der Waals surface area contributed by atoms with E-state index in [0.29, 0.717) is 6.42 Å². The molecule has 0 rings (SSSR count). The molecule has 0 fully saturated rings. The van der Waals surface area contributed by atoms with E-state index in [4.69, 9.17) is 21.1 Å². The molecular weight excluding hydrogens is 292 g/mol. The minimum absolute atomic E-state index is 0.0767. The van der Waals surface area contributed by atoms with E-state index in [2.05, 4.69) is 9.47 Å². The molecule has 0 aromatic heterocycles. The highest BCUT2D eigenvalue weighted by molar-refractivity contribution is 6.17. The fraction of sp³-hybridized carbons (Fsp3) is 0.750. The Morgan fingerprint density at radius 3 is 2.15 bits per heavy atom. The van der Waals surface area contributed by atoms with Crippen LogP contribution in [0.1, 0.15) is 33.1 Å². The van der Waals surface area contributed by atoms with Crippen molar-refractivity contribution >= 4 is 29.7 Å². The molecule has 0 amide bonds. The second-order valence-corrected chi connectivity index (χ2v) is 4.18. The largest absolute Gasteiger partial charge is 0.509 e. The van der Waals surface area contributed by atoms with E-state index < -0.39 is 12.1 Å². The molecule has 0 saturated heterocycles. The Hall–Kier alpha value is -1.50. The molecule has 0 radical (unpaired) electrons. The van der Waals surface area contributed by atoms with Gasteiger partial charge in [-0.3, -0.25) is 9.59 Å². The maximum absolute atomic E-state index is 11.2. The number of rotatable bonds is 9. The minimum atomic E-state index is -0.924. The van der Waals surface area contributed by atoms with Crippen molar-refractivity contribution in [3.63, 3.8) is 0 Å². The van der Waals surface area contributed by atoms with E-state index >= 15 is 0 Å². The summed E-state index contributed by atoms with van der Waals surface area (Å²) in [5.41, 5.74) is 0. The van der Waals surface area contributed by atoms with E-state index in [0.717, 1.165) is 0 Å². The molecule has 0 aromatic rings. The van der Waals surface area contributed by atoms with Crippen LogP contribution >= 0.6 is 11.6 Å². The third kappa shape index (κ3) is 11.6. The van der Waals surface area contributed by atoms with Crippen LogP contribution < -0.4 is 0 Å². The summed E-state index contributed by atoms with van der Waals surface area (Å²) in [6.07, 6.45) is -0.489. The predicted octanol–water partition coefficient (Wildman–Crippen LogP) is 2.00. The van der Waals surface area contributed by atoms with Crippen LogP contribution in [0.15, 0.2) is 0 Å². The van der Waals surface area contributed by atoms with E-state index in [-0.39, 0.29) is 44.2 Å². The number of esters is 2. The summed E-state index contributed by atoms with van der Waals surface area (Å²) in [5.74, 6) is -0.823.